The Morgan fingerprint density at radius 1 is 1.12 bits per heavy atom. The minimum absolute atomic E-state index is 0.779. The van der Waals surface area contributed by atoms with Crippen molar-refractivity contribution < 1.29 is 0 Å². The van der Waals surface area contributed by atoms with Gasteiger partial charge in [0.15, 0.2) is 19.5 Å². The number of aromatic nitrogens is 5. The third-order valence-corrected chi connectivity index (χ3v) is 6.86. The van der Waals surface area contributed by atoms with Gasteiger partial charge in [0.05, 0.1) is 0 Å². The molecule has 0 saturated carbocycles. The van der Waals surface area contributed by atoms with Crippen LogP contribution >= 0.6 is 46.2 Å². The van der Waals surface area contributed by atoms with Crippen LogP contribution in [0.4, 0.5) is 10.8 Å². The molecule has 0 bridgehead atoms. The second-order valence-electron chi connectivity index (χ2n) is 5.13. The molecular weight excluding hydrogens is 404 g/mol. The lowest BCUT2D eigenvalue weighted by molar-refractivity contribution is 0.923. The predicted octanol–water partition coefficient (Wildman–Crippen LogP) is 5.33. The summed E-state index contributed by atoms with van der Waals surface area (Å²) in [5.74, 6) is 0.988. The van der Waals surface area contributed by atoms with E-state index < -0.39 is 0 Å². The first-order valence-electron chi connectivity index (χ1n) is 7.89. The SMILES string of the molecule is CCCSc1nc(Sc2nncs2)c2nc(Nc3ccccc3)sc2n1. The van der Waals surface area contributed by atoms with E-state index in [9.17, 15) is 0 Å². The summed E-state index contributed by atoms with van der Waals surface area (Å²) in [6.07, 6.45) is 1.08. The molecule has 0 fully saturated rings. The molecule has 0 radical (unpaired) electrons. The van der Waals surface area contributed by atoms with Crippen LogP contribution in [-0.2, 0) is 0 Å². The predicted molar refractivity (Wildman–Crippen MR) is 110 cm³/mol. The van der Waals surface area contributed by atoms with Gasteiger partial charge in [-0.2, -0.15) is 0 Å². The second kappa shape index (κ2) is 8.30. The van der Waals surface area contributed by atoms with Crippen molar-refractivity contribution in [1.82, 2.24) is 25.1 Å². The van der Waals surface area contributed by atoms with Gasteiger partial charge in [-0.15, -0.1) is 10.2 Å². The third kappa shape index (κ3) is 4.14. The van der Waals surface area contributed by atoms with Gasteiger partial charge in [-0.3, -0.25) is 0 Å². The standard InChI is InChI=1S/C16H14N6S4/c1-2-8-23-14-20-12-11(13(21-14)26-16-22-17-9-24-16)19-15(25-12)18-10-6-4-3-5-7-10/h3-7,9H,2,8H2,1H3,(H,18,19). The summed E-state index contributed by atoms with van der Waals surface area (Å²) in [5, 5.41) is 13.8. The molecule has 0 aliphatic rings. The van der Waals surface area contributed by atoms with Crippen molar-refractivity contribution in [2.45, 2.75) is 27.9 Å². The number of fused-ring (bicyclic) bond motifs is 1. The molecule has 0 aliphatic heterocycles. The fourth-order valence-corrected chi connectivity index (χ4v) is 5.30. The van der Waals surface area contributed by atoms with E-state index in [2.05, 4.69) is 27.4 Å². The van der Waals surface area contributed by atoms with Gasteiger partial charge in [-0.1, -0.05) is 59.6 Å². The average Bonchev–Trinajstić information content (AvgIpc) is 3.30. The lowest BCUT2D eigenvalue weighted by Crippen LogP contribution is -1.92. The van der Waals surface area contributed by atoms with Gasteiger partial charge in [0.2, 0.25) is 0 Å². The Kier molecular flexibility index (Phi) is 5.63. The van der Waals surface area contributed by atoms with E-state index in [-0.39, 0.29) is 0 Å². The van der Waals surface area contributed by atoms with Crippen LogP contribution in [0, 0.1) is 0 Å². The molecular formula is C16H14N6S4. The van der Waals surface area contributed by atoms with Crippen LogP contribution in [0.1, 0.15) is 13.3 Å². The van der Waals surface area contributed by atoms with Crippen LogP contribution in [0.2, 0.25) is 0 Å². The van der Waals surface area contributed by atoms with Crippen molar-refractivity contribution >= 4 is 67.4 Å². The van der Waals surface area contributed by atoms with E-state index in [1.165, 1.54) is 34.4 Å². The molecule has 26 heavy (non-hydrogen) atoms. The Labute approximate surface area is 166 Å². The number of anilines is 2. The highest BCUT2D eigenvalue weighted by molar-refractivity contribution is 8.01. The number of nitrogens with one attached hydrogen (secondary N) is 1. The maximum Gasteiger partial charge on any atom is 0.190 e. The van der Waals surface area contributed by atoms with E-state index in [1.54, 1.807) is 17.3 Å². The number of thiazole rings is 1. The highest BCUT2D eigenvalue weighted by Crippen LogP contribution is 2.37. The molecule has 6 nitrogen and oxygen atoms in total. The maximum absolute atomic E-state index is 4.72. The maximum atomic E-state index is 4.72. The largest absolute Gasteiger partial charge is 0.331 e. The van der Waals surface area contributed by atoms with Crippen molar-refractivity contribution in [2.24, 2.45) is 0 Å². The molecule has 0 unspecified atom stereocenters. The quantitative estimate of drug-likeness (QED) is 0.245. The van der Waals surface area contributed by atoms with Crippen molar-refractivity contribution in [3.63, 3.8) is 0 Å². The van der Waals surface area contributed by atoms with E-state index in [1.807, 2.05) is 30.3 Å². The number of thioether (sulfide) groups is 1. The summed E-state index contributed by atoms with van der Waals surface area (Å²) in [6.45, 7) is 2.15. The molecule has 0 saturated heterocycles. The summed E-state index contributed by atoms with van der Waals surface area (Å²) in [5.41, 5.74) is 3.52. The lowest BCUT2D eigenvalue weighted by atomic mass is 10.3. The molecule has 4 aromatic rings. The highest BCUT2D eigenvalue weighted by Gasteiger charge is 2.16. The molecule has 0 atom stereocenters. The molecule has 0 aliphatic carbocycles. The van der Waals surface area contributed by atoms with Crippen LogP contribution in [0.25, 0.3) is 10.3 Å². The zero-order valence-corrected chi connectivity index (χ0v) is 17.0. The summed E-state index contributed by atoms with van der Waals surface area (Å²) >= 11 is 6.18. The van der Waals surface area contributed by atoms with Crippen LogP contribution in [-0.4, -0.2) is 30.9 Å². The molecule has 3 aromatic heterocycles. The topological polar surface area (TPSA) is 76.5 Å². The van der Waals surface area contributed by atoms with Gasteiger partial charge in [0.1, 0.15) is 16.1 Å². The summed E-state index contributed by atoms with van der Waals surface area (Å²) in [7, 11) is 0. The zero-order valence-electron chi connectivity index (χ0n) is 13.7. The number of rotatable bonds is 7. The van der Waals surface area contributed by atoms with E-state index in [0.717, 1.165) is 47.9 Å². The molecule has 4 rings (SSSR count). The van der Waals surface area contributed by atoms with Crippen LogP contribution < -0.4 is 5.32 Å². The molecule has 0 spiro atoms. The lowest BCUT2D eigenvalue weighted by Gasteiger charge is -2.02. The van der Waals surface area contributed by atoms with Gasteiger partial charge in [-0.05, 0) is 30.3 Å². The van der Waals surface area contributed by atoms with E-state index in [4.69, 9.17) is 9.97 Å². The van der Waals surface area contributed by atoms with Crippen molar-refractivity contribution in [3.05, 3.63) is 35.8 Å². The van der Waals surface area contributed by atoms with Gasteiger partial charge >= 0.3 is 0 Å². The smallest absolute Gasteiger partial charge is 0.190 e. The molecule has 0 amide bonds. The Hall–Kier alpha value is -1.75. The number of para-hydroxylation sites is 1. The van der Waals surface area contributed by atoms with Gasteiger partial charge < -0.3 is 5.32 Å². The monoisotopic (exact) mass is 418 g/mol. The zero-order chi connectivity index (χ0) is 17.8. The normalized spacial score (nSPS) is 11.1. The fourth-order valence-electron chi connectivity index (χ4n) is 2.10. The van der Waals surface area contributed by atoms with Crippen LogP contribution in [0.15, 0.2) is 50.4 Å². The number of hydrogen-bond acceptors (Lipinski definition) is 10. The highest BCUT2D eigenvalue weighted by atomic mass is 32.2. The van der Waals surface area contributed by atoms with Gasteiger partial charge in [0, 0.05) is 11.4 Å². The first-order chi connectivity index (χ1) is 12.8. The van der Waals surface area contributed by atoms with Crippen LogP contribution in [0.5, 0.6) is 0 Å². The summed E-state index contributed by atoms with van der Waals surface area (Å²) < 4.78 is 0.849. The third-order valence-electron chi connectivity index (χ3n) is 3.19. The van der Waals surface area contributed by atoms with Gasteiger partial charge in [-0.25, -0.2) is 15.0 Å². The number of benzene rings is 1. The van der Waals surface area contributed by atoms with E-state index in [0.29, 0.717) is 0 Å². The minimum atomic E-state index is 0.779. The van der Waals surface area contributed by atoms with E-state index >= 15 is 0 Å². The number of nitrogens with zero attached hydrogens (tertiary/aromatic N) is 5. The molecule has 10 heteroatoms. The van der Waals surface area contributed by atoms with Crippen molar-refractivity contribution in [2.75, 3.05) is 11.1 Å². The Balaban J connectivity index is 1.71. The Morgan fingerprint density at radius 3 is 2.77 bits per heavy atom. The van der Waals surface area contributed by atoms with Crippen molar-refractivity contribution in [3.8, 4) is 0 Å². The van der Waals surface area contributed by atoms with Crippen molar-refractivity contribution in [1.29, 1.82) is 0 Å². The Bertz CT molecular complexity index is 987. The number of hydrogen-bond donors (Lipinski definition) is 1. The molecule has 1 aromatic carbocycles. The molecule has 3 heterocycles. The summed E-state index contributed by atoms with van der Waals surface area (Å²) in [6, 6.07) is 9.99. The minimum Gasteiger partial charge on any atom is -0.331 e. The Morgan fingerprint density at radius 2 is 2.00 bits per heavy atom. The average molecular weight is 419 g/mol. The molecule has 132 valence electrons. The van der Waals surface area contributed by atoms with Gasteiger partial charge in [0.25, 0.3) is 0 Å². The second-order valence-corrected chi connectivity index (χ2v) is 9.24. The summed E-state index contributed by atoms with van der Waals surface area (Å²) in [4.78, 5) is 15.0. The molecule has 1 N–H and O–H groups in total. The van der Waals surface area contributed by atoms with Crippen LogP contribution in [0.3, 0.4) is 0 Å². The fraction of sp³-hybridized carbons (Fsp3) is 0.188. The first-order valence-corrected chi connectivity index (χ1v) is 11.4. The first kappa shape index (κ1) is 17.7.